The number of carbonyl (C=O) groups excluding carboxylic acids is 2. The highest BCUT2D eigenvalue weighted by Crippen LogP contribution is 2.79. The van der Waals surface area contributed by atoms with Gasteiger partial charge in [0.15, 0.2) is 6.29 Å². The van der Waals surface area contributed by atoms with Crippen molar-refractivity contribution in [3.05, 3.63) is 23.8 Å². The Hall–Kier alpha value is -1.78. The molecule has 9 heteroatoms. The quantitative estimate of drug-likeness (QED) is 0.383. The summed E-state index contributed by atoms with van der Waals surface area (Å²) in [7, 11) is 0. The van der Waals surface area contributed by atoms with E-state index in [1.807, 2.05) is 0 Å². The second-order valence-corrected chi connectivity index (χ2v) is 10.2. The number of rotatable bonds is 1. The Morgan fingerprint density at radius 1 is 1.35 bits per heavy atom. The molecule has 31 heavy (non-hydrogen) atoms. The van der Waals surface area contributed by atoms with Crippen LogP contribution in [0.1, 0.15) is 33.6 Å². The van der Waals surface area contributed by atoms with Crippen molar-refractivity contribution < 1.29 is 43.9 Å². The van der Waals surface area contributed by atoms with Gasteiger partial charge in [0, 0.05) is 31.1 Å². The summed E-state index contributed by atoms with van der Waals surface area (Å²) < 4.78 is 23.5. The monoisotopic (exact) mass is 434 g/mol. The first-order valence-electron chi connectivity index (χ1n) is 10.7. The summed E-state index contributed by atoms with van der Waals surface area (Å²) in [6, 6.07) is 0. The Labute approximate surface area is 178 Å². The van der Waals surface area contributed by atoms with E-state index >= 15 is 0 Å². The van der Waals surface area contributed by atoms with E-state index in [4.69, 9.17) is 18.9 Å². The van der Waals surface area contributed by atoms with Crippen molar-refractivity contribution in [3.8, 4) is 0 Å². The Kier molecular flexibility index (Phi) is 3.46. The van der Waals surface area contributed by atoms with Gasteiger partial charge in [0.2, 0.25) is 5.79 Å². The van der Waals surface area contributed by atoms with Gasteiger partial charge in [-0.3, -0.25) is 9.59 Å². The van der Waals surface area contributed by atoms with E-state index in [9.17, 15) is 24.9 Å². The molecule has 9 nitrogen and oxygen atoms in total. The molecular formula is C22H26O9. The van der Waals surface area contributed by atoms with E-state index in [0.717, 1.165) is 0 Å². The predicted molar refractivity (Wildman–Crippen MR) is 101 cm³/mol. The van der Waals surface area contributed by atoms with E-state index in [2.05, 4.69) is 6.58 Å². The summed E-state index contributed by atoms with van der Waals surface area (Å²) in [5.74, 6) is -4.70. The molecule has 6 rings (SSSR count). The van der Waals surface area contributed by atoms with Crippen molar-refractivity contribution in [3.63, 3.8) is 0 Å². The van der Waals surface area contributed by atoms with Crippen LogP contribution in [0.2, 0.25) is 0 Å². The van der Waals surface area contributed by atoms with Gasteiger partial charge in [0.25, 0.3) is 0 Å². The zero-order valence-corrected chi connectivity index (χ0v) is 17.5. The van der Waals surface area contributed by atoms with Gasteiger partial charge in [-0.25, -0.2) is 0 Å². The molecule has 2 unspecified atom stereocenters. The van der Waals surface area contributed by atoms with Crippen molar-refractivity contribution >= 4 is 11.9 Å². The van der Waals surface area contributed by atoms with Crippen LogP contribution in [-0.4, -0.2) is 68.8 Å². The third-order valence-corrected chi connectivity index (χ3v) is 8.70. The highest BCUT2D eigenvalue weighted by atomic mass is 16.7. The number of esters is 2. The minimum Gasteiger partial charge on any atom is -0.461 e. The SMILES string of the molecule is C=C1[C@H](O)O[C@@H]2[C@@H]1C[C@H](OC(C)=O)[C@]13C(=O)O[C@H]4C[C@](C)(O)[C@H]([C@H]41)C31C=C(C)C2(O)O1. The van der Waals surface area contributed by atoms with Gasteiger partial charge in [-0.2, -0.15) is 0 Å². The lowest BCUT2D eigenvalue weighted by atomic mass is 9.41. The smallest absolute Gasteiger partial charge is 0.319 e. The van der Waals surface area contributed by atoms with E-state index < -0.39 is 76.7 Å². The van der Waals surface area contributed by atoms with E-state index in [0.29, 0.717) is 11.1 Å². The van der Waals surface area contributed by atoms with Crippen molar-refractivity contribution in [2.45, 2.75) is 75.2 Å². The first-order chi connectivity index (χ1) is 14.4. The molecule has 0 amide bonds. The largest absolute Gasteiger partial charge is 0.461 e. The lowest BCUT2D eigenvalue weighted by Crippen LogP contribution is -2.79. The molecule has 2 aliphatic carbocycles. The van der Waals surface area contributed by atoms with Crippen molar-refractivity contribution in [1.82, 2.24) is 0 Å². The van der Waals surface area contributed by atoms with Crippen molar-refractivity contribution in [2.24, 2.45) is 23.2 Å². The Morgan fingerprint density at radius 3 is 2.74 bits per heavy atom. The van der Waals surface area contributed by atoms with Gasteiger partial charge >= 0.3 is 11.9 Å². The number of carbonyl (C=O) groups is 2. The minimum absolute atomic E-state index is 0.0991. The van der Waals surface area contributed by atoms with Crippen molar-refractivity contribution in [2.75, 3.05) is 0 Å². The molecule has 5 fully saturated rings. The Bertz CT molecular complexity index is 970. The summed E-state index contributed by atoms with van der Waals surface area (Å²) >= 11 is 0. The molecule has 4 heterocycles. The second kappa shape index (κ2) is 5.40. The van der Waals surface area contributed by atoms with Gasteiger partial charge in [-0.05, 0) is 37.5 Å². The van der Waals surface area contributed by atoms with E-state index in [-0.39, 0.29) is 12.8 Å². The van der Waals surface area contributed by atoms with Crippen LogP contribution in [-0.2, 0) is 28.5 Å². The van der Waals surface area contributed by atoms with Gasteiger partial charge in [0.05, 0.1) is 5.60 Å². The lowest BCUT2D eigenvalue weighted by Gasteiger charge is -2.65. The van der Waals surface area contributed by atoms with Crippen LogP contribution in [0.25, 0.3) is 0 Å². The summed E-state index contributed by atoms with van der Waals surface area (Å²) in [6.45, 7) is 8.52. The third-order valence-electron chi connectivity index (χ3n) is 8.70. The summed E-state index contributed by atoms with van der Waals surface area (Å²) in [6.07, 6.45) is -1.85. The molecule has 0 aromatic carbocycles. The maximum Gasteiger partial charge on any atom is 0.319 e. The van der Waals surface area contributed by atoms with Crippen molar-refractivity contribution in [1.29, 1.82) is 0 Å². The molecule has 0 aromatic heterocycles. The molecular weight excluding hydrogens is 408 g/mol. The fourth-order valence-corrected chi connectivity index (χ4v) is 7.74. The highest BCUT2D eigenvalue weighted by molar-refractivity contribution is 5.87. The fourth-order valence-electron chi connectivity index (χ4n) is 7.74. The van der Waals surface area contributed by atoms with Gasteiger partial charge in [-0.15, -0.1) is 0 Å². The van der Waals surface area contributed by atoms with Gasteiger partial charge in [-0.1, -0.05) is 6.58 Å². The average Bonchev–Trinajstić information content (AvgIpc) is 3.24. The van der Waals surface area contributed by atoms with Crippen LogP contribution in [0, 0.1) is 23.2 Å². The molecule has 3 saturated heterocycles. The molecule has 2 bridgehead atoms. The Morgan fingerprint density at radius 2 is 2.06 bits per heavy atom. The average molecular weight is 434 g/mol. The summed E-state index contributed by atoms with van der Waals surface area (Å²) in [5, 5.41) is 33.2. The van der Waals surface area contributed by atoms with Crippen LogP contribution < -0.4 is 0 Å². The molecule has 0 aromatic rings. The topological polar surface area (TPSA) is 132 Å². The third kappa shape index (κ3) is 1.89. The number of fused-ring (bicyclic) bond motifs is 3. The number of ether oxygens (including phenoxy) is 4. The molecule has 4 aliphatic heterocycles. The minimum atomic E-state index is -1.94. The van der Waals surface area contributed by atoms with Crippen LogP contribution in [0.15, 0.2) is 23.8 Å². The number of aliphatic hydroxyl groups is 3. The van der Waals surface area contributed by atoms with Gasteiger partial charge < -0.3 is 34.3 Å². The molecule has 2 saturated carbocycles. The highest BCUT2D eigenvalue weighted by Gasteiger charge is 2.92. The molecule has 3 N–H and O–H groups in total. The number of hydrogen-bond donors (Lipinski definition) is 3. The lowest BCUT2D eigenvalue weighted by molar-refractivity contribution is -0.371. The molecule has 2 spiro atoms. The van der Waals surface area contributed by atoms with Crippen LogP contribution in [0.4, 0.5) is 0 Å². The first kappa shape index (κ1) is 19.9. The predicted octanol–water partition coefficient (Wildman–Crippen LogP) is -0.0722. The summed E-state index contributed by atoms with van der Waals surface area (Å²) in [5.41, 5.74) is -3.35. The summed E-state index contributed by atoms with van der Waals surface area (Å²) in [4.78, 5) is 25.6. The molecule has 6 aliphatic rings. The first-order valence-corrected chi connectivity index (χ1v) is 10.7. The van der Waals surface area contributed by atoms with Crippen LogP contribution in [0.3, 0.4) is 0 Å². The maximum atomic E-state index is 13.5. The van der Waals surface area contributed by atoms with E-state index in [1.54, 1.807) is 19.9 Å². The Balaban J connectivity index is 1.61. The van der Waals surface area contributed by atoms with Crippen LogP contribution in [0.5, 0.6) is 0 Å². The zero-order chi connectivity index (χ0) is 22.3. The normalized spacial score (nSPS) is 58.4. The van der Waals surface area contributed by atoms with E-state index in [1.165, 1.54) is 6.92 Å². The number of hydrogen-bond acceptors (Lipinski definition) is 9. The van der Waals surface area contributed by atoms with Gasteiger partial charge in [0.1, 0.15) is 29.3 Å². The standard InChI is InChI=1S/C22H26O9/c1-8-6-20-15-14-12(7-19(15,4)26)29-18(25)21(14,20)13(28-10(3)23)5-11-9(2)17(24)30-16(11)22(8,27)31-20/h6,11-17,24,26-27H,2,5,7H2,1,3-4H3/t11-,12+,13+,14+,15+,16-,17-,19+,20?,21-,22?/m1/s1. The zero-order valence-electron chi connectivity index (χ0n) is 17.5. The number of aliphatic hydroxyl groups excluding tert-OH is 1. The molecule has 11 atom stereocenters. The molecule has 168 valence electrons. The maximum absolute atomic E-state index is 13.5. The molecule has 0 radical (unpaired) electrons. The fraction of sp³-hybridized carbons (Fsp3) is 0.727. The van der Waals surface area contributed by atoms with Crippen LogP contribution >= 0.6 is 0 Å². The second-order valence-electron chi connectivity index (χ2n) is 10.2.